The summed E-state index contributed by atoms with van der Waals surface area (Å²) in [6.45, 7) is 3.72. The Morgan fingerprint density at radius 1 is 1.18 bits per heavy atom. The molecule has 1 aromatic carbocycles. The van der Waals surface area contributed by atoms with Gasteiger partial charge in [0, 0.05) is 20.2 Å². The van der Waals surface area contributed by atoms with Crippen LogP contribution in [0.5, 0.6) is 0 Å². The molecule has 0 radical (unpaired) electrons. The summed E-state index contributed by atoms with van der Waals surface area (Å²) in [5.41, 5.74) is 2.53. The third-order valence-corrected chi connectivity index (χ3v) is 3.21. The Morgan fingerprint density at radius 2 is 2.00 bits per heavy atom. The van der Waals surface area contributed by atoms with Gasteiger partial charge >= 0.3 is 0 Å². The van der Waals surface area contributed by atoms with Crippen LogP contribution in [0.15, 0.2) is 36.4 Å². The summed E-state index contributed by atoms with van der Waals surface area (Å²) in [6, 6.07) is 11.3. The first-order chi connectivity index (χ1) is 10.7. The first-order valence-corrected chi connectivity index (χ1v) is 7.10. The Hall–Kier alpha value is -2.47. The SMILES string of the molecule is COCCNc1ccc(C(=O)NCc2ccccc2C)nn1. The molecule has 0 aliphatic rings. The first kappa shape index (κ1) is 15.9. The van der Waals surface area contributed by atoms with E-state index in [1.807, 2.05) is 31.2 Å². The van der Waals surface area contributed by atoms with Crippen LogP contribution < -0.4 is 10.6 Å². The maximum atomic E-state index is 12.0. The third kappa shape index (κ3) is 4.53. The Morgan fingerprint density at radius 3 is 2.68 bits per heavy atom. The van der Waals surface area contributed by atoms with Gasteiger partial charge in [-0.3, -0.25) is 4.79 Å². The molecule has 22 heavy (non-hydrogen) atoms. The molecule has 116 valence electrons. The predicted octanol–water partition coefficient (Wildman–Crippen LogP) is 1.77. The lowest BCUT2D eigenvalue weighted by Crippen LogP contribution is -2.24. The van der Waals surface area contributed by atoms with Gasteiger partial charge < -0.3 is 15.4 Å². The fraction of sp³-hybridized carbons (Fsp3) is 0.312. The van der Waals surface area contributed by atoms with Crippen molar-refractivity contribution in [3.63, 3.8) is 0 Å². The van der Waals surface area contributed by atoms with Crippen molar-refractivity contribution in [1.29, 1.82) is 0 Å². The largest absolute Gasteiger partial charge is 0.383 e. The second kappa shape index (κ2) is 8.09. The lowest BCUT2D eigenvalue weighted by Gasteiger charge is -2.08. The molecule has 6 heteroatoms. The second-order valence-electron chi connectivity index (χ2n) is 4.83. The van der Waals surface area contributed by atoms with Crippen molar-refractivity contribution in [3.05, 3.63) is 53.2 Å². The van der Waals surface area contributed by atoms with Gasteiger partial charge in [-0.2, -0.15) is 0 Å². The Labute approximate surface area is 129 Å². The second-order valence-corrected chi connectivity index (χ2v) is 4.83. The number of rotatable bonds is 7. The van der Waals surface area contributed by atoms with E-state index in [0.29, 0.717) is 31.2 Å². The summed E-state index contributed by atoms with van der Waals surface area (Å²) < 4.78 is 4.93. The number of aryl methyl sites for hydroxylation is 1. The molecule has 2 rings (SSSR count). The Kier molecular flexibility index (Phi) is 5.85. The van der Waals surface area contributed by atoms with Gasteiger partial charge in [-0.15, -0.1) is 10.2 Å². The van der Waals surface area contributed by atoms with E-state index in [2.05, 4.69) is 20.8 Å². The van der Waals surface area contributed by atoms with Crippen molar-refractivity contribution < 1.29 is 9.53 Å². The Balaban J connectivity index is 1.88. The molecule has 6 nitrogen and oxygen atoms in total. The van der Waals surface area contributed by atoms with Gasteiger partial charge in [0.05, 0.1) is 6.61 Å². The molecule has 0 spiro atoms. The molecule has 0 unspecified atom stereocenters. The summed E-state index contributed by atoms with van der Waals surface area (Å²) in [6.07, 6.45) is 0. The van der Waals surface area contributed by atoms with Crippen molar-refractivity contribution in [2.24, 2.45) is 0 Å². The number of benzene rings is 1. The summed E-state index contributed by atoms with van der Waals surface area (Å²) in [7, 11) is 1.63. The third-order valence-electron chi connectivity index (χ3n) is 3.21. The van der Waals surface area contributed by atoms with Gasteiger partial charge in [0.2, 0.25) is 0 Å². The number of carbonyl (C=O) groups is 1. The molecule has 0 bridgehead atoms. The summed E-state index contributed by atoms with van der Waals surface area (Å²) in [4.78, 5) is 12.0. The molecule has 0 aliphatic carbocycles. The van der Waals surface area contributed by atoms with E-state index >= 15 is 0 Å². The lowest BCUT2D eigenvalue weighted by molar-refractivity contribution is 0.0945. The van der Waals surface area contributed by atoms with E-state index in [1.54, 1.807) is 19.2 Å². The number of ether oxygens (including phenoxy) is 1. The molecule has 1 amide bonds. The minimum absolute atomic E-state index is 0.237. The van der Waals surface area contributed by atoms with Crippen molar-refractivity contribution in [1.82, 2.24) is 15.5 Å². The van der Waals surface area contributed by atoms with Crippen LogP contribution in [0, 0.1) is 6.92 Å². The number of hydrogen-bond acceptors (Lipinski definition) is 5. The lowest BCUT2D eigenvalue weighted by atomic mass is 10.1. The fourth-order valence-corrected chi connectivity index (χ4v) is 1.90. The standard InChI is InChI=1S/C16H20N4O2/c1-12-5-3-4-6-13(12)11-18-16(21)14-7-8-15(20-19-14)17-9-10-22-2/h3-8H,9-11H2,1-2H3,(H,17,20)(H,18,21). The molecule has 1 aromatic heterocycles. The highest BCUT2D eigenvalue weighted by Crippen LogP contribution is 2.07. The highest BCUT2D eigenvalue weighted by atomic mass is 16.5. The predicted molar refractivity (Wildman–Crippen MR) is 84.7 cm³/mol. The van der Waals surface area contributed by atoms with Crippen LogP contribution in [-0.4, -0.2) is 36.4 Å². The normalized spacial score (nSPS) is 10.3. The van der Waals surface area contributed by atoms with Crippen LogP contribution in [0.2, 0.25) is 0 Å². The first-order valence-electron chi connectivity index (χ1n) is 7.10. The summed E-state index contributed by atoms with van der Waals surface area (Å²) >= 11 is 0. The van der Waals surface area contributed by atoms with Crippen molar-refractivity contribution >= 4 is 11.7 Å². The van der Waals surface area contributed by atoms with Crippen molar-refractivity contribution in [2.45, 2.75) is 13.5 Å². The van der Waals surface area contributed by atoms with E-state index in [4.69, 9.17) is 4.74 Å². The number of aromatic nitrogens is 2. The monoisotopic (exact) mass is 300 g/mol. The van der Waals surface area contributed by atoms with Crippen molar-refractivity contribution in [3.8, 4) is 0 Å². The minimum Gasteiger partial charge on any atom is -0.383 e. The minimum atomic E-state index is -0.237. The molecule has 0 aliphatic heterocycles. The van der Waals surface area contributed by atoms with E-state index in [-0.39, 0.29) is 5.91 Å². The molecular weight excluding hydrogens is 280 g/mol. The van der Waals surface area contributed by atoms with E-state index in [9.17, 15) is 4.79 Å². The van der Waals surface area contributed by atoms with Crippen LogP contribution in [-0.2, 0) is 11.3 Å². The van der Waals surface area contributed by atoms with Crippen LogP contribution in [0.3, 0.4) is 0 Å². The topological polar surface area (TPSA) is 76.1 Å². The van der Waals surface area contributed by atoms with Gasteiger partial charge in [0.25, 0.3) is 5.91 Å². The number of nitrogens with one attached hydrogen (secondary N) is 2. The number of amides is 1. The number of anilines is 1. The highest BCUT2D eigenvalue weighted by molar-refractivity contribution is 5.92. The quantitative estimate of drug-likeness (QED) is 0.762. The zero-order valence-electron chi connectivity index (χ0n) is 12.8. The van der Waals surface area contributed by atoms with Crippen LogP contribution in [0.25, 0.3) is 0 Å². The highest BCUT2D eigenvalue weighted by Gasteiger charge is 2.08. The molecule has 0 saturated carbocycles. The number of hydrogen-bond donors (Lipinski definition) is 2. The molecule has 2 N–H and O–H groups in total. The van der Waals surface area contributed by atoms with E-state index in [0.717, 1.165) is 11.1 Å². The zero-order valence-corrected chi connectivity index (χ0v) is 12.8. The van der Waals surface area contributed by atoms with E-state index in [1.165, 1.54) is 0 Å². The van der Waals surface area contributed by atoms with Crippen LogP contribution >= 0.6 is 0 Å². The zero-order chi connectivity index (χ0) is 15.8. The summed E-state index contributed by atoms with van der Waals surface area (Å²) in [5.74, 6) is 0.381. The van der Waals surface area contributed by atoms with Crippen molar-refractivity contribution in [2.75, 3.05) is 25.6 Å². The van der Waals surface area contributed by atoms with Gasteiger partial charge in [0.15, 0.2) is 5.69 Å². The van der Waals surface area contributed by atoms with Gasteiger partial charge in [-0.05, 0) is 30.2 Å². The van der Waals surface area contributed by atoms with Crippen LogP contribution in [0.1, 0.15) is 21.6 Å². The Bertz CT molecular complexity index is 614. The molecule has 0 fully saturated rings. The van der Waals surface area contributed by atoms with Gasteiger partial charge in [-0.25, -0.2) is 0 Å². The molecule has 0 atom stereocenters. The number of nitrogens with zero attached hydrogens (tertiary/aromatic N) is 2. The number of carbonyl (C=O) groups excluding carboxylic acids is 1. The van der Waals surface area contributed by atoms with Crippen LogP contribution in [0.4, 0.5) is 5.82 Å². The number of methoxy groups -OCH3 is 1. The van der Waals surface area contributed by atoms with E-state index < -0.39 is 0 Å². The maximum absolute atomic E-state index is 12.0. The molecule has 1 heterocycles. The maximum Gasteiger partial charge on any atom is 0.272 e. The molecule has 2 aromatic rings. The average molecular weight is 300 g/mol. The summed E-state index contributed by atoms with van der Waals surface area (Å²) in [5, 5.41) is 13.8. The molecule has 0 saturated heterocycles. The average Bonchev–Trinajstić information content (AvgIpc) is 2.55. The van der Waals surface area contributed by atoms with Gasteiger partial charge in [0.1, 0.15) is 5.82 Å². The van der Waals surface area contributed by atoms with Gasteiger partial charge in [-0.1, -0.05) is 24.3 Å². The molecular formula is C16H20N4O2. The fourth-order valence-electron chi connectivity index (χ4n) is 1.90. The smallest absolute Gasteiger partial charge is 0.272 e.